The minimum absolute atomic E-state index is 0.401. The molecular weight excluding hydrogens is 224 g/mol. The van der Waals surface area contributed by atoms with Crippen LogP contribution < -0.4 is 0 Å². The summed E-state index contributed by atoms with van der Waals surface area (Å²) >= 11 is 0. The van der Waals surface area contributed by atoms with Crippen molar-refractivity contribution in [2.24, 2.45) is 0 Å². The van der Waals surface area contributed by atoms with Crippen molar-refractivity contribution < 1.29 is 24.1 Å². The number of rotatable bonds is 5. The van der Waals surface area contributed by atoms with Crippen molar-refractivity contribution in [2.75, 3.05) is 21.3 Å². The van der Waals surface area contributed by atoms with Gasteiger partial charge in [0.05, 0.1) is 7.11 Å². The van der Waals surface area contributed by atoms with Crippen molar-refractivity contribution in [1.82, 2.24) is 0 Å². The molecule has 1 N–H and O–H groups in total. The van der Waals surface area contributed by atoms with Gasteiger partial charge in [0.1, 0.15) is 17.5 Å². The van der Waals surface area contributed by atoms with Crippen LogP contribution in [0.3, 0.4) is 0 Å². The average molecular weight is 240 g/mol. The van der Waals surface area contributed by atoms with Crippen LogP contribution in [0.15, 0.2) is 36.1 Å². The Morgan fingerprint density at radius 3 is 2.65 bits per heavy atom. The Balaban J connectivity index is 3.11. The SMILES string of the molecule is COC1=CC(C=CC(=O)O)(OC)C(OC)C=C1. The summed E-state index contributed by atoms with van der Waals surface area (Å²) in [5.74, 6) is -0.451. The fraction of sp³-hybridized carbons (Fsp3) is 0.417. The molecule has 0 heterocycles. The molecule has 1 rings (SSSR count). The number of methoxy groups -OCH3 is 3. The Hall–Kier alpha value is -1.59. The van der Waals surface area contributed by atoms with Crippen LogP contribution in [-0.2, 0) is 19.0 Å². The molecule has 0 aromatic heterocycles. The zero-order valence-electron chi connectivity index (χ0n) is 10.0. The second-order valence-corrected chi connectivity index (χ2v) is 3.50. The Kier molecular flexibility index (Phi) is 4.48. The molecule has 2 unspecified atom stereocenters. The van der Waals surface area contributed by atoms with Crippen molar-refractivity contribution in [3.8, 4) is 0 Å². The Morgan fingerprint density at radius 2 is 2.18 bits per heavy atom. The van der Waals surface area contributed by atoms with E-state index in [1.807, 2.05) is 0 Å². The van der Waals surface area contributed by atoms with Crippen LogP contribution in [-0.4, -0.2) is 44.1 Å². The van der Waals surface area contributed by atoms with E-state index in [0.29, 0.717) is 5.76 Å². The predicted molar refractivity (Wildman–Crippen MR) is 61.5 cm³/mol. The van der Waals surface area contributed by atoms with Gasteiger partial charge in [0.15, 0.2) is 0 Å². The molecule has 0 bridgehead atoms. The van der Waals surface area contributed by atoms with Crippen molar-refractivity contribution in [1.29, 1.82) is 0 Å². The molecule has 0 fully saturated rings. The average Bonchev–Trinajstić information content (AvgIpc) is 2.35. The number of carboxylic acids is 1. The summed E-state index contributed by atoms with van der Waals surface area (Å²) in [6.45, 7) is 0. The topological polar surface area (TPSA) is 65.0 Å². The zero-order chi connectivity index (χ0) is 12.9. The minimum Gasteiger partial charge on any atom is -0.497 e. The fourth-order valence-corrected chi connectivity index (χ4v) is 1.66. The number of hydrogen-bond donors (Lipinski definition) is 1. The zero-order valence-corrected chi connectivity index (χ0v) is 10.0. The van der Waals surface area contributed by atoms with E-state index >= 15 is 0 Å². The maximum atomic E-state index is 10.6. The number of allylic oxidation sites excluding steroid dienone is 1. The quantitative estimate of drug-likeness (QED) is 0.730. The molecule has 0 saturated carbocycles. The number of aliphatic carboxylic acids is 1. The van der Waals surface area contributed by atoms with E-state index in [1.165, 1.54) is 27.4 Å². The summed E-state index contributed by atoms with van der Waals surface area (Å²) in [4.78, 5) is 10.6. The van der Waals surface area contributed by atoms with Gasteiger partial charge in [-0.2, -0.15) is 0 Å². The van der Waals surface area contributed by atoms with Gasteiger partial charge in [-0.15, -0.1) is 0 Å². The van der Waals surface area contributed by atoms with Crippen LogP contribution in [0.25, 0.3) is 0 Å². The van der Waals surface area contributed by atoms with Gasteiger partial charge in [-0.3, -0.25) is 0 Å². The second-order valence-electron chi connectivity index (χ2n) is 3.50. The summed E-state index contributed by atoms with van der Waals surface area (Å²) in [6.07, 6.45) is 7.25. The highest BCUT2D eigenvalue weighted by molar-refractivity contribution is 5.80. The van der Waals surface area contributed by atoms with Gasteiger partial charge in [0.2, 0.25) is 0 Å². The van der Waals surface area contributed by atoms with Gasteiger partial charge in [-0.1, -0.05) is 0 Å². The first-order valence-corrected chi connectivity index (χ1v) is 5.03. The number of carbonyl (C=O) groups is 1. The first-order valence-electron chi connectivity index (χ1n) is 5.03. The van der Waals surface area contributed by atoms with Crippen LogP contribution >= 0.6 is 0 Å². The Labute approximate surface area is 100.0 Å². The Bertz CT molecular complexity index is 369. The minimum atomic E-state index is -1.04. The predicted octanol–water partition coefficient (Wildman–Crippen LogP) is 1.13. The van der Waals surface area contributed by atoms with E-state index in [1.54, 1.807) is 18.2 Å². The summed E-state index contributed by atoms with van der Waals surface area (Å²) in [5.41, 5.74) is -0.965. The molecule has 1 aliphatic rings. The monoisotopic (exact) mass is 240 g/mol. The normalized spacial score (nSPS) is 28.2. The van der Waals surface area contributed by atoms with Crippen molar-refractivity contribution in [3.05, 3.63) is 36.1 Å². The van der Waals surface area contributed by atoms with Crippen molar-refractivity contribution in [3.63, 3.8) is 0 Å². The molecule has 0 saturated heterocycles. The molecule has 0 aliphatic heterocycles. The van der Waals surface area contributed by atoms with Crippen LogP contribution in [0.4, 0.5) is 0 Å². The third-order valence-electron chi connectivity index (χ3n) is 2.58. The van der Waals surface area contributed by atoms with Crippen LogP contribution in [0.5, 0.6) is 0 Å². The van der Waals surface area contributed by atoms with E-state index in [-0.39, 0.29) is 0 Å². The van der Waals surface area contributed by atoms with Gasteiger partial charge in [0.25, 0.3) is 0 Å². The van der Waals surface area contributed by atoms with E-state index in [2.05, 4.69) is 0 Å². The lowest BCUT2D eigenvalue weighted by Crippen LogP contribution is -2.42. The highest BCUT2D eigenvalue weighted by Crippen LogP contribution is 2.29. The first-order chi connectivity index (χ1) is 8.07. The molecule has 0 aromatic rings. The van der Waals surface area contributed by atoms with Crippen LogP contribution in [0.1, 0.15) is 0 Å². The summed E-state index contributed by atoms with van der Waals surface area (Å²) < 4.78 is 15.8. The molecule has 0 amide bonds. The van der Waals surface area contributed by atoms with Crippen LogP contribution in [0, 0.1) is 0 Å². The standard InChI is InChI=1S/C12H16O5/c1-15-9-4-5-10(16-2)12(8-9,17-3)7-6-11(13)14/h4-8,10H,1-3H3,(H,13,14). The number of ether oxygens (including phenoxy) is 3. The highest BCUT2D eigenvalue weighted by atomic mass is 16.5. The second kappa shape index (κ2) is 5.65. The molecule has 0 aromatic carbocycles. The van der Waals surface area contributed by atoms with Gasteiger partial charge in [0, 0.05) is 20.3 Å². The lowest BCUT2D eigenvalue weighted by Gasteiger charge is -2.34. The molecule has 1 aliphatic carbocycles. The highest BCUT2D eigenvalue weighted by Gasteiger charge is 2.36. The number of hydrogen-bond acceptors (Lipinski definition) is 4. The largest absolute Gasteiger partial charge is 0.497 e. The molecule has 0 spiro atoms. The third kappa shape index (κ3) is 2.95. The number of carboxylic acid groups (broad SMARTS) is 1. The maximum absolute atomic E-state index is 10.6. The molecule has 5 heteroatoms. The first kappa shape index (κ1) is 13.5. The lowest BCUT2D eigenvalue weighted by atomic mass is 9.90. The molecular formula is C12H16O5. The van der Waals surface area contributed by atoms with E-state index in [4.69, 9.17) is 19.3 Å². The summed E-state index contributed by atoms with van der Waals surface area (Å²) in [5, 5.41) is 8.68. The van der Waals surface area contributed by atoms with E-state index < -0.39 is 17.7 Å². The maximum Gasteiger partial charge on any atom is 0.328 e. The molecule has 0 radical (unpaired) electrons. The summed E-state index contributed by atoms with van der Waals surface area (Å²) in [6, 6.07) is 0. The van der Waals surface area contributed by atoms with Crippen molar-refractivity contribution >= 4 is 5.97 Å². The van der Waals surface area contributed by atoms with Crippen molar-refractivity contribution in [2.45, 2.75) is 11.7 Å². The summed E-state index contributed by atoms with van der Waals surface area (Å²) in [7, 11) is 4.55. The lowest BCUT2D eigenvalue weighted by molar-refractivity contribution is -0.131. The van der Waals surface area contributed by atoms with Crippen LogP contribution in [0.2, 0.25) is 0 Å². The van der Waals surface area contributed by atoms with E-state index in [9.17, 15) is 4.79 Å². The van der Waals surface area contributed by atoms with E-state index in [0.717, 1.165) is 6.08 Å². The molecule has 17 heavy (non-hydrogen) atoms. The smallest absolute Gasteiger partial charge is 0.328 e. The fourth-order valence-electron chi connectivity index (χ4n) is 1.66. The van der Waals surface area contributed by atoms with Gasteiger partial charge in [-0.05, 0) is 24.3 Å². The van der Waals surface area contributed by atoms with Gasteiger partial charge >= 0.3 is 5.97 Å². The van der Waals surface area contributed by atoms with Gasteiger partial charge in [-0.25, -0.2) is 4.79 Å². The molecule has 94 valence electrons. The third-order valence-corrected chi connectivity index (χ3v) is 2.58. The van der Waals surface area contributed by atoms with Gasteiger partial charge < -0.3 is 19.3 Å². The molecule has 2 atom stereocenters. The molecule has 5 nitrogen and oxygen atoms in total. The Morgan fingerprint density at radius 1 is 1.47 bits per heavy atom.